The van der Waals surface area contributed by atoms with Crippen molar-refractivity contribution in [2.45, 2.75) is 19.9 Å². The van der Waals surface area contributed by atoms with Gasteiger partial charge in [0.15, 0.2) is 5.96 Å². The molecule has 2 N–H and O–H groups in total. The Balaban J connectivity index is 1.67. The lowest BCUT2D eigenvalue weighted by molar-refractivity contribution is 0.0389. The summed E-state index contributed by atoms with van der Waals surface area (Å²) in [6, 6.07) is 3.92. The molecule has 0 bridgehead atoms. The van der Waals surface area contributed by atoms with Crippen LogP contribution in [0.15, 0.2) is 23.3 Å². The van der Waals surface area contributed by atoms with Gasteiger partial charge in [0.05, 0.1) is 19.8 Å². The molecule has 2 heterocycles. The van der Waals surface area contributed by atoms with Gasteiger partial charge in [-0.2, -0.15) is 0 Å². The molecule has 7 heteroatoms. The van der Waals surface area contributed by atoms with Crippen LogP contribution in [-0.4, -0.2) is 68.9 Å². The lowest BCUT2D eigenvalue weighted by Crippen LogP contribution is -2.44. The molecular weight excluding hydrogens is 306 g/mol. The zero-order valence-electron chi connectivity index (χ0n) is 14.8. The minimum Gasteiger partial charge on any atom is -0.478 e. The van der Waals surface area contributed by atoms with Gasteiger partial charge >= 0.3 is 0 Å². The van der Waals surface area contributed by atoms with Crippen molar-refractivity contribution < 1.29 is 9.47 Å². The van der Waals surface area contributed by atoms with Crippen molar-refractivity contribution in [2.24, 2.45) is 4.99 Å². The summed E-state index contributed by atoms with van der Waals surface area (Å²) >= 11 is 0. The largest absolute Gasteiger partial charge is 0.478 e. The first-order valence-corrected chi connectivity index (χ1v) is 8.64. The molecule has 1 saturated heterocycles. The maximum atomic E-state index is 5.49. The molecule has 0 aliphatic carbocycles. The molecule has 1 aliphatic rings. The monoisotopic (exact) mass is 335 g/mol. The number of guanidine groups is 1. The molecule has 0 saturated carbocycles. The van der Waals surface area contributed by atoms with E-state index in [4.69, 9.17) is 9.47 Å². The number of aliphatic imine (C=N–C) groups is 1. The lowest BCUT2D eigenvalue weighted by atomic mass is 10.3. The van der Waals surface area contributed by atoms with Crippen molar-refractivity contribution >= 4 is 5.96 Å². The van der Waals surface area contributed by atoms with E-state index in [0.717, 1.165) is 57.3 Å². The molecular formula is C17H29N5O2. The van der Waals surface area contributed by atoms with Crippen LogP contribution in [0, 0.1) is 0 Å². The van der Waals surface area contributed by atoms with Crippen molar-refractivity contribution in [3.8, 4) is 5.88 Å². The van der Waals surface area contributed by atoms with Crippen LogP contribution in [-0.2, 0) is 11.3 Å². The summed E-state index contributed by atoms with van der Waals surface area (Å²) < 4.78 is 10.8. The van der Waals surface area contributed by atoms with Crippen LogP contribution in [0.1, 0.15) is 18.9 Å². The first-order valence-electron chi connectivity index (χ1n) is 8.64. The van der Waals surface area contributed by atoms with Crippen molar-refractivity contribution in [1.29, 1.82) is 0 Å². The Hall–Kier alpha value is -1.86. The second-order valence-electron chi connectivity index (χ2n) is 5.66. The third kappa shape index (κ3) is 6.72. The Kier molecular flexibility index (Phi) is 8.34. The second kappa shape index (κ2) is 10.8. The van der Waals surface area contributed by atoms with Gasteiger partial charge in [-0.1, -0.05) is 13.0 Å². The highest BCUT2D eigenvalue weighted by molar-refractivity contribution is 5.79. The van der Waals surface area contributed by atoms with Gasteiger partial charge in [0.2, 0.25) is 5.88 Å². The maximum absolute atomic E-state index is 5.49. The molecule has 1 fully saturated rings. The second-order valence-corrected chi connectivity index (χ2v) is 5.66. The lowest BCUT2D eigenvalue weighted by Gasteiger charge is -2.26. The van der Waals surface area contributed by atoms with Crippen LogP contribution in [0.2, 0.25) is 0 Å². The van der Waals surface area contributed by atoms with Crippen LogP contribution in [0.3, 0.4) is 0 Å². The van der Waals surface area contributed by atoms with Crippen molar-refractivity contribution in [2.75, 3.05) is 53.0 Å². The van der Waals surface area contributed by atoms with E-state index in [1.165, 1.54) is 0 Å². The average Bonchev–Trinajstić information content (AvgIpc) is 2.64. The van der Waals surface area contributed by atoms with Gasteiger partial charge < -0.3 is 20.1 Å². The zero-order valence-corrected chi connectivity index (χ0v) is 14.8. The third-order valence-corrected chi connectivity index (χ3v) is 3.76. The summed E-state index contributed by atoms with van der Waals surface area (Å²) in [7, 11) is 1.78. The van der Waals surface area contributed by atoms with Gasteiger partial charge in [-0.25, -0.2) is 4.98 Å². The van der Waals surface area contributed by atoms with E-state index in [1.807, 2.05) is 18.3 Å². The molecule has 1 aliphatic heterocycles. The van der Waals surface area contributed by atoms with Crippen LogP contribution in [0.25, 0.3) is 0 Å². The minimum atomic E-state index is 0.675. The molecule has 0 unspecified atom stereocenters. The number of hydrogen-bond donors (Lipinski definition) is 2. The van der Waals surface area contributed by atoms with Gasteiger partial charge in [0.25, 0.3) is 0 Å². The van der Waals surface area contributed by atoms with Crippen molar-refractivity contribution in [3.63, 3.8) is 0 Å². The van der Waals surface area contributed by atoms with E-state index in [2.05, 4.69) is 32.4 Å². The van der Waals surface area contributed by atoms with Gasteiger partial charge in [-0.15, -0.1) is 0 Å². The Labute approximate surface area is 144 Å². The molecule has 24 heavy (non-hydrogen) atoms. The highest BCUT2D eigenvalue weighted by atomic mass is 16.5. The van der Waals surface area contributed by atoms with E-state index in [9.17, 15) is 0 Å². The molecule has 1 aromatic heterocycles. The van der Waals surface area contributed by atoms with Gasteiger partial charge in [0, 0.05) is 52.0 Å². The van der Waals surface area contributed by atoms with Crippen molar-refractivity contribution in [3.05, 3.63) is 23.9 Å². The van der Waals surface area contributed by atoms with E-state index in [-0.39, 0.29) is 0 Å². The number of morpholine rings is 1. The van der Waals surface area contributed by atoms with Gasteiger partial charge in [0.1, 0.15) is 0 Å². The molecule has 0 atom stereocenters. The topological polar surface area (TPSA) is 71.0 Å². The summed E-state index contributed by atoms with van der Waals surface area (Å²) in [6.45, 7) is 8.99. The number of ether oxygens (including phenoxy) is 2. The number of hydrogen-bond acceptors (Lipinski definition) is 5. The summed E-state index contributed by atoms with van der Waals surface area (Å²) in [5, 5.41) is 6.64. The Morgan fingerprint density at radius 1 is 1.33 bits per heavy atom. The number of nitrogens with one attached hydrogen (secondary N) is 2. The highest BCUT2D eigenvalue weighted by Gasteiger charge is 2.09. The molecule has 0 spiro atoms. The minimum absolute atomic E-state index is 0.675. The standard InChI is InChI=1S/C17H29N5O2/c1-3-10-24-16-5-4-15(13-20-16)14-21-17(18-2)19-6-7-22-8-11-23-12-9-22/h4-5,13H,3,6-12,14H2,1-2H3,(H2,18,19,21). The molecule has 0 aromatic carbocycles. The normalized spacial score (nSPS) is 16.0. The first-order chi connectivity index (χ1) is 11.8. The van der Waals surface area contributed by atoms with Crippen LogP contribution < -0.4 is 15.4 Å². The third-order valence-electron chi connectivity index (χ3n) is 3.76. The highest BCUT2D eigenvalue weighted by Crippen LogP contribution is 2.07. The van der Waals surface area contributed by atoms with E-state index >= 15 is 0 Å². The molecule has 134 valence electrons. The molecule has 0 amide bonds. The smallest absolute Gasteiger partial charge is 0.213 e. The molecule has 2 rings (SSSR count). The summed E-state index contributed by atoms with van der Waals surface area (Å²) in [5.74, 6) is 1.48. The van der Waals surface area contributed by atoms with Crippen LogP contribution >= 0.6 is 0 Å². The maximum Gasteiger partial charge on any atom is 0.213 e. The fourth-order valence-corrected chi connectivity index (χ4v) is 2.37. The van der Waals surface area contributed by atoms with Crippen LogP contribution in [0.4, 0.5) is 0 Å². The first kappa shape index (κ1) is 18.5. The predicted octanol–water partition coefficient (Wildman–Crippen LogP) is 0.868. The number of nitrogens with zero attached hydrogens (tertiary/aromatic N) is 3. The fraction of sp³-hybridized carbons (Fsp3) is 0.647. The molecule has 0 radical (unpaired) electrons. The summed E-state index contributed by atoms with van der Waals surface area (Å²) in [5.41, 5.74) is 1.09. The summed E-state index contributed by atoms with van der Waals surface area (Å²) in [4.78, 5) is 10.9. The number of pyridine rings is 1. The molecule has 1 aromatic rings. The zero-order chi connectivity index (χ0) is 17.0. The van der Waals surface area contributed by atoms with E-state index in [1.54, 1.807) is 7.05 Å². The SMILES string of the molecule is CCCOc1ccc(CNC(=NC)NCCN2CCOCC2)cn1. The van der Waals surface area contributed by atoms with Crippen LogP contribution in [0.5, 0.6) is 5.88 Å². The summed E-state index contributed by atoms with van der Waals surface area (Å²) in [6.07, 6.45) is 2.82. The van der Waals surface area contributed by atoms with Gasteiger partial charge in [-0.3, -0.25) is 9.89 Å². The Bertz CT molecular complexity index is 486. The Morgan fingerprint density at radius 3 is 2.83 bits per heavy atom. The molecule has 7 nitrogen and oxygen atoms in total. The number of rotatable bonds is 8. The number of aromatic nitrogens is 1. The Morgan fingerprint density at radius 2 is 2.17 bits per heavy atom. The van der Waals surface area contributed by atoms with Crippen molar-refractivity contribution in [1.82, 2.24) is 20.5 Å². The van der Waals surface area contributed by atoms with Gasteiger partial charge in [-0.05, 0) is 12.0 Å². The predicted molar refractivity (Wildman–Crippen MR) is 95.5 cm³/mol. The fourth-order valence-electron chi connectivity index (χ4n) is 2.37. The average molecular weight is 335 g/mol. The quantitative estimate of drug-likeness (QED) is 0.543. The van der Waals surface area contributed by atoms with E-state index in [0.29, 0.717) is 19.0 Å². The van der Waals surface area contributed by atoms with E-state index < -0.39 is 0 Å².